The second kappa shape index (κ2) is 6.67. The molecule has 1 amide bonds. The van der Waals surface area contributed by atoms with Crippen molar-refractivity contribution < 1.29 is 4.79 Å². The molecule has 1 aliphatic rings. The van der Waals surface area contributed by atoms with E-state index in [-0.39, 0.29) is 22.9 Å². The quantitative estimate of drug-likeness (QED) is 0.602. The van der Waals surface area contributed by atoms with Gasteiger partial charge in [-0.05, 0) is 34.6 Å². The Morgan fingerprint density at radius 3 is 2.33 bits per heavy atom. The molecule has 21 heavy (non-hydrogen) atoms. The molecule has 0 radical (unpaired) electrons. The topological polar surface area (TPSA) is 56.7 Å². The summed E-state index contributed by atoms with van der Waals surface area (Å²) in [5.41, 5.74) is 0.354. The average Bonchev–Trinajstić information content (AvgIpc) is 2.34. The van der Waals surface area contributed by atoms with Crippen LogP contribution in [-0.4, -0.2) is 48.0 Å². The molecule has 0 unspecified atom stereocenters. The van der Waals surface area contributed by atoms with Gasteiger partial charge < -0.3 is 15.5 Å². The van der Waals surface area contributed by atoms with E-state index in [1.807, 2.05) is 13.8 Å². The van der Waals surface area contributed by atoms with Crippen LogP contribution in [0, 0.1) is 5.41 Å². The van der Waals surface area contributed by atoms with Crippen molar-refractivity contribution in [1.29, 1.82) is 0 Å². The van der Waals surface area contributed by atoms with Gasteiger partial charge >= 0.3 is 0 Å². The molecule has 0 aromatic rings. The number of nitrogens with one attached hydrogen (secondary N) is 2. The molecule has 0 aromatic heterocycles. The molecule has 0 atom stereocenters. The number of amides is 1. The molecular weight excluding hydrogens is 264 g/mol. The number of aliphatic imine (C=N–C) groups is 1. The molecule has 0 spiro atoms. The Balaban J connectivity index is 2.62. The molecule has 1 rings (SSSR count). The van der Waals surface area contributed by atoms with Crippen LogP contribution in [-0.2, 0) is 4.79 Å². The lowest BCUT2D eigenvalue weighted by molar-refractivity contribution is -0.121. The monoisotopic (exact) mass is 296 g/mol. The molecule has 5 nitrogen and oxygen atoms in total. The molecule has 0 aliphatic carbocycles. The number of guanidine groups is 1. The largest absolute Gasteiger partial charge is 0.356 e. The van der Waals surface area contributed by atoms with Crippen LogP contribution in [0.3, 0.4) is 0 Å². The fourth-order valence-electron chi connectivity index (χ4n) is 2.45. The summed E-state index contributed by atoms with van der Waals surface area (Å²) in [7, 11) is 0. The van der Waals surface area contributed by atoms with Crippen molar-refractivity contribution in [3.63, 3.8) is 0 Å². The van der Waals surface area contributed by atoms with Crippen LogP contribution < -0.4 is 10.6 Å². The van der Waals surface area contributed by atoms with Gasteiger partial charge in [-0.2, -0.15) is 0 Å². The van der Waals surface area contributed by atoms with Gasteiger partial charge in [0, 0.05) is 36.5 Å². The fraction of sp³-hybridized carbons (Fsp3) is 0.875. The molecule has 0 aromatic carbocycles. The van der Waals surface area contributed by atoms with Gasteiger partial charge in [0.2, 0.25) is 5.91 Å². The van der Waals surface area contributed by atoms with Crippen molar-refractivity contribution in [3.8, 4) is 0 Å². The lowest BCUT2D eigenvalue weighted by Crippen LogP contribution is -2.72. The van der Waals surface area contributed by atoms with Gasteiger partial charge in [-0.3, -0.25) is 9.79 Å². The second-order valence-corrected chi connectivity index (χ2v) is 7.24. The molecule has 1 fully saturated rings. The molecule has 0 bridgehead atoms. The van der Waals surface area contributed by atoms with E-state index in [0.29, 0.717) is 13.0 Å². The predicted octanol–water partition coefficient (Wildman–Crippen LogP) is 1.99. The first-order valence-corrected chi connectivity index (χ1v) is 7.97. The van der Waals surface area contributed by atoms with E-state index in [1.54, 1.807) is 0 Å². The summed E-state index contributed by atoms with van der Waals surface area (Å²) >= 11 is 0. The Hall–Kier alpha value is -1.26. The van der Waals surface area contributed by atoms with Crippen LogP contribution >= 0.6 is 0 Å². The van der Waals surface area contributed by atoms with Crippen LogP contribution in [0.5, 0.6) is 0 Å². The minimum Gasteiger partial charge on any atom is -0.356 e. The van der Waals surface area contributed by atoms with Gasteiger partial charge in [0.25, 0.3) is 0 Å². The van der Waals surface area contributed by atoms with Gasteiger partial charge in [0.1, 0.15) is 0 Å². The molecule has 1 aliphatic heterocycles. The van der Waals surface area contributed by atoms with Crippen molar-refractivity contribution in [2.24, 2.45) is 10.4 Å². The molecule has 1 saturated heterocycles. The first-order chi connectivity index (χ1) is 9.61. The van der Waals surface area contributed by atoms with E-state index >= 15 is 0 Å². The van der Waals surface area contributed by atoms with Crippen molar-refractivity contribution in [3.05, 3.63) is 0 Å². The van der Waals surface area contributed by atoms with Gasteiger partial charge in [-0.15, -0.1) is 0 Å². The number of carbonyl (C=O) groups is 1. The summed E-state index contributed by atoms with van der Waals surface area (Å²) in [4.78, 5) is 18.6. The zero-order valence-electron chi connectivity index (χ0n) is 14.7. The second-order valence-electron chi connectivity index (χ2n) is 7.24. The standard InChI is InChI=1S/C16H32N4O/c1-8-17-14(18-10-9-13(21)19-12(2)3)20-11-15(4,5)16(20,6)7/h12H,8-11H2,1-7H3,(H,17,18)(H,19,21). The maximum absolute atomic E-state index is 11.7. The van der Waals surface area contributed by atoms with Crippen LogP contribution in [0.2, 0.25) is 0 Å². The number of carbonyl (C=O) groups excluding carboxylic acids is 1. The van der Waals surface area contributed by atoms with Crippen LogP contribution in [0.1, 0.15) is 54.9 Å². The number of likely N-dealkylation sites (tertiary alicyclic amines) is 1. The van der Waals surface area contributed by atoms with Crippen molar-refractivity contribution in [2.75, 3.05) is 19.6 Å². The Morgan fingerprint density at radius 1 is 1.29 bits per heavy atom. The SMILES string of the molecule is CCNC(=NCCC(=O)NC(C)C)N1CC(C)(C)C1(C)C. The normalized spacial score (nSPS) is 20.2. The van der Waals surface area contributed by atoms with E-state index in [4.69, 9.17) is 0 Å². The Morgan fingerprint density at radius 2 is 1.90 bits per heavy atom. The predicted molar refractivity (Wildman–Crippen MR) is 88.4 cm³/mol. The molecule has 2 N–H and O–H groups in total. The van der Waals surface area contributed by atoms with Crippen LogP contribution in [0.15, 0.2) is 4.99 Å². The number of nitrogens with zero attached hydrogens (tertiary/aromatic N) is 2. The van der Waals surface area contributed by atoms with Crippen molar-refractivity contribution in [2.45, 2.75) is 66.5 Å². The van der Waals surface area contributed by atoms with Crippen LogP contribution in [0.25, 0.3) is 0 Å². The Kier molecular flexibility index (Phi) is 5.65. The van der Waals surface area contributed by atoms with Gasteiger partial charge in [-0.25, -0.2) is 0 Å². The van der Waals surface area contributed by atoms with Gasteiger partial charge in [-0.1, -0.05) is 13.8 Å². The third-order valence-electron chi connectivity index (χ3n) is 4.53. The van der Waals surface area contributed by atoms with E-state index in [1.165, 1.54) is 0 Å². The minimum atomic E-state index is 0.0628. The van der Waals surface area contributed by atoms with Gasteiger partial charge in [0.05, 0.1) is 6.54 Å². The lowest BCUT2D eigenvalue weighted by Gasteiger charge is -2.62. The summed E-state index contributed by atoms with van der Waals surface area (Å²) < 4.78 is 0. The fourth-order valence-corrected chi connectivity index (χ4v) is 2.45. The molecule has 5 heteroatoms. The van der Waals surface area contributed by atoms with E-state index in [9.17, 15) is 4.79 Å². The van der Waals surface area contributed by atoms with Gasteiger partial charge in [0.15, 0.2) is 5.96 Å². The number of hydrogen-bond donors (Lipinski definition) is 2. The third kappa shape index (κ3) is 4.11. The summed E-state index contributed by atoms with van der Waals surface area (Å²) in [5.74, 6) is 0.979. The van der Waals surface area contributed by atoms with Crippen LogP contribution in [0.4, 0.5) is 0 Å². The zero-order valence-corrected chi connectivity index (χ0v) is 14.7. The van der Waals surface area contributed by atoms with Crippen molar-refractivity contribution in [1.82, 2.24) is 15.5 Å². The third-order valence-corrected chi connectivity index (χ3v) is 4.53. The van der Waals surface area contributed by atoms with E-state index in [2.05, 4.69) is 55.1 Å². The zero-order chi connectivity index (χ0) is 16.3. The first kappa shape index (κ1) is 17.8. The highest BCUT2D eigenvalue weighted by Crippen LogP contribution is 2.46. The summed E-state index contributed by atoms with van der Waals surface area (Å²) in [6.45, 7) is 17.4. The number of rotatable bonds is 5. The van der Waals surface area contributed by atoms with E-state index < -0.39 is 0 Å². The minimum absolute atomic E-state index is 0.0628. The lowest BCUT2D eigenvalue weighted by atomic mass is 9.65. The molecule has 122 valence electrons. The number of hydrogen-bond acceptors (Lipinski definition) is 2. The summed E-state index contributed by atoms with van der Waals surface area (Å²) in [6, 6.07) is 0.185. The summed E-state index contributed by atoms with van der Waals surface area (Å²) in [6.07, 6.45) is 0.435. The molecule has 1 heterocycles. The highest BCUT2D eigenvalue weighted by atomic mass is 16.1. The highest BCUT2D eigenvalue weighted by Gasteiger charge is 2.53. The highest BCUT2D eigenvalue weighted by molar-refractivity contribution is 5.82. The first-order valence-electron chi connectivity index (χ1n) is 7.97. The Bertz CT molecular complexity index is 399. The van der Waals surface area contributed by atoms with Crippen molar-refractivity contribution >= 4 is 11.9 Å². The molecule has 0 saturated carbocycles. The Labute approximate surface area is 129 Å². The average molecular weight is 296 g/mol. The maximum Gasteiger partial charge on any atom is 0.222 e. The maximum atomic E-state index is 11.7. The smallest absolute Gasteiger partial charge is 0.222 e. The summed E-state index contributed by atoms with van der Waals surface area (Å²) in [5, 5.41) is 6.23. The van der Waals surface area contributed by atoms with E-state index in [0.717, 1.165) is 19.0 Å². The molecular formula is C16H32N4O.